The fraction of sp³-hybridized carbons (Fsp3) is 0. The Bertz CT molecular complexity index is 685. The van der Waals surface area contributed by atoms with E-state index in [2.05, 4.69) is 4.98 Å². The topological polar surface area (TPSA) is 124 Å². The van der Waals surface area contributed by atoms with Crippen molar-refractivity contribution in [2.75, 3.05) is 0 Å². The Labute approximate surface area is 115 Å². The van der Waals surface area contributed by atoms with Gasteiger partial charge in [0.05, 0.1) is 0 Å². The third-order valence-corrected chi connectivity index (χ3v) is 2.44. The zero-order chi connectivity index (χ0) is 14.8. The van der Waals surface area contributed by atoms with Gasteiger partial charge in [0.2, 0.25) is 11.0 Å². The molecular formula is C12H11ClN2O5. The summed E-state index contributed by atoms with van der Waals surface area (Å²) in [4.78, 5) is 4.42. The summed E-state index contributed by atoms with van der Waals surface area (Å²) < 4.78 is 31.2. The second-order valence-corrected chi connectivity index (χ2v) is 4.69. The number of nitrogens with zero attached hydrogens (tertiary/aromatic N) is 2. The van der Waals surface area contributed by atoms with Gasteiger partial charge in [0, 0.05) is 12.1 Å². The summed E-state index contributed by atoms with van der Waals surface area (Å²) in [7, 11) is -4.19. The van der Waals surface area contributed by atoms with Gasteiger partial charge in [-0.15, -0.1) is 0 Å². The van der Waals surface area contributed by atoms with E-state index < -0.39 is 10.2 Å². The summed E-state index contributed by atoms with van der Waals surface area (Å²) in [6.45, 7) is 0. The van der Waals surface area contributed by atoms with Crippen molar-refractivity contribution in [1.29, 1.82) is 0 Å². The molecule has 1 aromatic heterocycles. The van der Waals surface area contributed by atoms with Crippen LogP contribution in [0.1, 0.15) is 0 Å². The van der Waals surface area contributed by atoms with E-state index in [1.807, 2.05) is 36.4 Å². The molecule has 0 spiro atoms. The first kappa shape index (κ1) is 14.4. The Kier molecular flexibility index (Phi) is 3.98. The Hall–Kier alpha value is -2.03. The van der Waals surface area contributed by atoms with Crippen molar-refractivity contribution in [3.05, 3.63) is 53.7 Å². The Morgan fingerprint density at radius 2 is 1.20 bits per heavy atom. The van der Waals surface area contributed by atoms with E-state index in [1.54, 1.807) is 12.1 Å². The summed E-state index contributed by atoms with van der Waals surface area (Å²) in [5.41, 5.74) is 2.67. The van der Waals surface area contributed by atoms with Gasteiger partial charge in [0.1, 0.15) is 11.0 Å². The largest absolute Gasteiger partial charge is 0.618 e. The molecule has 106 valence electrons. The van der Waals surface area contributed by atoms with Crippen LogP contribution in [-0.2, 0) is 0 Å². The van der Waals surface area contributed by atoms with Gasteiger partial charge >= 0.3 is 28.9 Å². The van der Waals surface area contributed by atoms with Gasteiger partial charge in [0.15, 0.2) is 0 Å². The second kappa shape index (κ2) is 5.53. The Morgan fingerprint density at radius 1 is 0.850 bits per heavy atom. The molecule has 0 unspecified atom stereocenters. The van der Waals surface area contributed by atoms with Crippen molar-refractivity contribution in [3.63, 3.8) is 0 Å². The molecule has 0 amide bonds. The molecule has 0 aliphatic carbocycles. The standard InChI is InChI=1S/C12H8N2O.ClH3O4/c15-14-11-7-3-1-5-9(11)13-10-6-2-4-8-12(10)14;2-1(3,4)5/h1-8H;2-4H. The second-order valence-electron chi connectivity index (χ2n) is 3.82. The molecule has 3 aromatic rings. The van der Waals surface area contributed by atoms with Crippen LogP contribution in [0.3, 0.4) is 0 Å². The van der Waals surface area contributed by atoms with Crippen molar-refractivity contribution < 1.29 is 33.6 Å². The molecule has 1 heterocycles. The van der Waals surface area contributed by atoms with Crippen LogP contribution in [0.25, 0.3) is 22.1 Å². The number of fused-ring (bicyclic) bond motifs is 2. The molecule has 0 aliphatic heterocycles. The van der Waals surface area contributed by atoms with E-state index in [4.69, 9.17) is 18.6 Å². The Balaban J connectivity index is 0.000000257. The third kappa shape index (κ3) is 3.50. The van der Waals surface area contributed by atoms with Crippen LogP contribution in [0.2, 0.25) is 0 Å². The van der Waals surface area contributed by atoms with E-state index in [0.29, 0.717) is 11.0 Å². The molecule has 0 bridgehead atoms. The number of aromatic nitrogens is 2. The quantitative estimate of drug-likeness (QED) is 0.282. The molecule has 0 saturated heterocycles. The van der Waals surface area contributed by atoms with E-state index in [0.717, 1.165) is 15.8 Å². The molecule has 7 nitrogen and oxygen atoms in total. The van der Waals surface area contributed by atoms with Crippen LogP contribution in [0.4, 0.5) is 0 Å². The van der Waals surface area contributed by atoms with Gasteiger partial charge < -0.3 is 5.21 Å². The van der Waals surface area contributed by atoms with Gasteiger partial charge in [-0.3, -0.25) is 0 Å². The number of para-hydroxylation sites is 4. The van der Waals surface area contributed by atoms with E-state index in [-0.39, 0.29) is 0 Å². The van der Waals surface area contributed by atoms with Crippen molar-refractivity contribution >= 4 is 22.1 Å². The summed E-state index contributed by atoms with van der Waals surface area (Å²) >= 11 is 0. The number of hydrogen-bond acceptors (Lipinski definition) is 6. The smallest absolute Gasteiger partial charge is 0.242 e. The van der Waals surface area contributed by atoms with Crippen molar-refractivity contribution in [1.82, 2.24) is 4.98 Å². The molecule has 0 saturated carbocycles. The van der Waals surface area contributed by atoms with Crippen molar-refractivity contribution in [2.45, 2.75) is 0 Å². The first-order valence-corrected chi connectivity index (χ1v) is 6.72. The summed E-state index contributed by atoms with van der Waals surface area (Å²) in [5.74, 6) is 0. The van der Waals surface area contributed by atoms with Gasteiger partial charge in [-0.2, -0.15) is 4.73 Å². The zero-order valence-electron chi connectivity index (χ0n) is 10.0. The van der Waals surface area contributed by atoms with Gasteiger partial charge in [-0.25, -0.2) is 4.98 Å². The molecule has 3 N–H and O–H groups in total. The summed E-state index contributed by atoms with van der Waals surface area (Å²) in [5, 5.41) is 12.0. The first-order valence-electron chi connectivity index (χ1n) is 5.39. The monoisotopic (exact) mass is 298 g/mol. The number of rotatable bonds is 0. The third-order valence-electron chi connectivity index (χ3n) is 2.44. The fourth-order valence-corrected chi connectivity index (χ4v) is 1.72. The Morgan fingerprint density at radius 3 is 1.60 bits per heavy atom. The van der Waals surface area contributed by atoms with E-state index in [9.17, 15) is 5.21 Å². The molecule has 0 atom stereocenters. The molecular weight excluding hydrogens is 288 g/mol. The van der Waals surface area contributed by atoms with Crippen LogP contribution in [0, 0.1) is 15.5 Å². The average Bonchev–Trinajstić information content (AvgIpc) is 2.37. The van der Waals surface area contributed by atoms with Gasteiger partial charge in [0.25, 0.3) is 0 Å². The summed E-state index contributed by atoms with van der Waals surface area (Å²) in [6.07, 6.45) is 0. The fourth-order valence-electron chi connectivity index (χ4n) is 1.72. The molecule has 0 aliphatic rings. The summed E-state index contributed by atoms with van der Waals surface area (Å²) in [6, 6.07) is 14.7. The SMILES string of the molecule is [O-][Cl+](O)(O)O.[O-][n+]1c2ccccc2nc2ccccc21. The van der Waals surface area contributed by atoms with E-state index >= 15 is 0 Å². The molecule has 2 aromatic carbocycles. The normalized spacial score (nSPS) is 12.0. The van der Waals surface area contributed by atoms with Crippen LogP contribution < -0.4 is 9.39 Å². The number of halogens is 1. The van der Waals surface area contributed by atoms with Crippen LogP contribution >= 0.6 is 0 Å². The van der Waals surface area contributed by atoms with Gasteiger partial charge in [-0.05, 0) is 12.1 Å². The predicted octanol–water partition coefficient (Wildman–Crippen LogP) is -0.839. The maximum Gasteiger partial charge on any atom is 0.242 e. The number of hydrogen-bond donors (Lipinski definition) is 3. The maximum atomic E-state index is 12.0. The van der Waals surface area contributed by atoms with Crippen molar-refractivity contribution in [3.8, 4) is 0 Å². The molecule has 8 heteroatoms. The van der Waals surface area contributed by atoms with Crippen molar-refractivity contribution in [2.24, 2.45) is 0 Å². The number of benzene rings is 2. The minimum atomic E-state index is -4.19. The average molecular weight is 299 g/mol. The maximum absolute atomic E-state index is 12.0. The molecule has 0 radical (unpaired) electrons. The predicted molar refractivity (Wildman–Crippen MR) is 64.9 cm³/mol. The van der Waals surface area contributed by atoms with Crippen LogP contribution in [0.5, 0.6) is 0 Å². The van der Waals surface area contributed by atoms with Gasteiger partial charge in [-0.1, -0.05) is 24.3 Å². The van der Waals surface area contributed by atoms with E-state index in [1.165, 1.54) is 0 Å². The van der Waals surface area contributed by atoms with Crippen LogP contribution in [0.15, 0.2) is 48.5 Å². The minimum Gasteiger partial charge on any atom is -0.618 e. The minimum absolute atomic E-state index is 0.608. The van der Waals surface area contributed by atoms with Crippen LogP contribution in [-0.4, -0.2) is 19.0 Å². The first-order chi connectivity index (χ1) is 9.36. The molecule has 20 heavy (non-hydrogen) atoms. The molecule has 3 rings (SSSR count). The molecule has 0 fully saturated rings. The zero-order valence-corrected chi connectivity index (χ0v) is 10.8.